The minimum atomic E-state index is -0.200. The van der Waals surface area contributed by atoms with Crippen LogP contribution >= 0.6 is 11.8 Å². The first-order valence-corrected chi connectivity index (χ1v) is 12.3. The van der Waals surface area contributed by atoms with Gasteiger partial charge in [0, 0.05) is 44.3 Å². The average molecular weight is 448 g/mol. The van der Waals surface area contributed by atoms with E-state index in [1.54, 1.807) is 0 Å². The number of amides is 1. The molecule has 6 nitrogen and oxygen atoms in total. The standard InChI is InChI=1S/C25H29N5OS/c1-19(24(31)29-16-14-28(15-17-29)18-20-8-4-2-5-9-20)32-25-27-26-23(21-12-13-21)30(25)22-10-6-3-7-11-22/h2-11,19,21H,12-18H2,1H3/t19-/m0/s1. The van der Waals surface area contributed by atoms with E-state index in [1.165, 1.54) is 17.3 Å². The van der Waals surface area contributed by atoms with Crippen molar-refractivity contribution in [3.05, 3.63) is 72.1 Å². The van der Waals surface area contributed by atoms with Gasteiger partial charge in [0.2, 0.25) is 5.91 Å². The predicted molar refractivity (Wildman–Crippen MR) is 127 cm³/mol. The molecule has 2 fully saturated rings. The van der Waals surface area contributed by atoms with Crippen LogP contribution in [-0.2, 0) is 11.3 Å². The Balaban J connectivity index is 1.22. The van der Waals surface area contributed by atoms with Gasteiger partial charge >= 0.3 is 0 Å². The van der Waals surface area contributed by atoms with E-state index >= 15 is 0 Å². The fourth-order valence-electron chi connectivity index (χ4n) is 4.22. The highest BCUT2D eigenvalue weighted by Gasteiger charge is 2.32. The zero-order valence-corrected chi connectivity index (χ0v) is 19.2. The van der Waals surface area contributed by atoms with Gasteiger partial charge < -0.3 is 4.90 Å². The second kappa shape index (κ2) is 9.46. The summed E-state index contributed by atoms with van der Waals surface area (Å²) in [4.78, 5) is 17.6. The summed E-state index contributed by atoms with van der Waals surface area (Å²) in [5.74, 6) is 1.69. The summed E-state index contributed by atoms with van der Waals surface area (Å²) in [6, 6.07) is 20.8. The van der Waals surface area contributed by atoms with E-state index in [4.69, 9.17) is 0 Å². The Hall–Kier alpha value is -2.64. The minimum absolute atomic E-state index is 0.185. The summed E-state index contributed by atoms with van der Waals surface area (Å²) < 4.78 is 2.14. The normalized spacial score (nSPS) is 18.0. The zero-order valence-electron chi connectivity index (χ0n) is 18.4. The molecule has 1 saturated heterocycles. The molecule has 1 aliphatic carbocycles. The number of nitrogens with zero attached hydrogens (tertiary/aromatic N) is 5. The monoisotopic (exact) mass is 447 g/mol. The van der Waals surface area contributed by atoms with Crippen molar-refractivity contribution in [3.63, 3.8) is 0 Å². The number of carbonyl (C=O) groups excluding carboxylic acids is 1. The van der Waals surface area contributed by atoms with E-state index in [2.05, 4.69) is 56.1 Å². The van der Waals surface area contributed by atoms with Crippen molar-refractivity contribution in [3.8, 4) is 5.69 Å². The van der Waals surface area contributed by atoms with Crippen molar-refractivity contribution < 1.29 is 4.79 Å². The Labute approximate surface area is 193 Å². The molecule has 0 unspecified atom stereocenters. The molecule has 1 amide bonds. The largest absolute Gasteiger partial charge is 0.339 e. The van der Waals surface area contributed by atoms with Crippen LogP contribution in [-0.4, -0.2) is 61.9 Å². The summed E-state index contributed by atoms with van der Waals surface area (Å²) in [6.45, 7) is 6.29. The molecule has 0 radical (unpaired) electrons. The number of benzene rings is 2. The Morgan fingerprint density at radius 1 is 0.969 bits per heavy atom. The molecule has 0 N–H and O–H groups in total. The average Bonchev–Trinajstić information content (AvgIpc) is 3.60. The molecule has 1 saturated carbocycles. The van der Waals surface area contributed by atoms with Crippen LogP contribution in [0.2, 0.25) is 0 Å². The second-order valence-electron chi connectivity index (χ2n) is 8.63. The highest BCUT2D eigenvalue weighted by molar-refractivity contribution is 8.00. The molecule has 7 heteroatoms. The van der Waals surface area contributed by atoms with Gasteiger partial charge in [-0.3, -0.25) is 14.3 Å². The Kier molecular flexibility index (Phi) is 6.28. The van der Waals surface area contributed by atoms with Gasteiger partial charge in [-0.15, -0.1) is 10.2 Å². The summed E-state index contributed by atoms with van der Waals surface area (Å²) in [7, 11) is 0. The maximum atomic E-state index is 13.2. The van der Waals surface area contributed by atoms with Gasteiger partial charge in [0.1, 0.15) is 5.82 Å². The Morgan fingerprint density at radius 2 is 1.62 bits per heavy atom. The molecule has 166 valence electrons. The van der Waals surface area contributed by atoms with Crippen LogP contribution in [0, 0.1) is 0 Å². The van der Waals surface area contributed by atoms with Crippen LogP contribution in [0.3, 0.4) is 0 Å². The number of piperazine rings is 1. The first-order chi connectivity index (χ1) is 15.7. The maximum Gasteiger partial charge on any atom is 0.235 e. The van der Waals surface area contributed by atoms with Crippen molar-refractivity contribution in [2.45, 2.75) is 42.6 Å². The lowest BCUT2D eigenvalue weighted by molar-refractivity contribution is -0.132. The summed E-state index contributed by atoms with van der Waals surface area (Å²) in [6.07, 6.45) is 2.33. The third-order valence-electron chi connectivity index (χ3n) is 6.18. The first kappa shape index (κ1) is 21.2. The van der Waals surface area contributed by atoms with E-state index in [1.807, 2.05) is 36.1 Å². The highest BCUT2D eigenvalue weighted by atomic mass is 32.2. The number of hydrogen-bond donors (Lipinski definition) is 0. The molecule has 1 aliphatic heterocycles. The number of hydrogen-bond acceptors (Lipinski definition) is 5. The van der Waals surface area contributed by atoms with Gasteiger partial charge in [-0.05, 0) is 37.5 Å². The van der Waals surface area contributed by atoms with Gasteiger partial charge in [-0.1, -0.05) is 60.3 Å². The molecule has 5 rings (SSSR count). The SMILES string of the molecule is C[C@H](Sc1nnc(C2CC2)n1-c1ccccc1)C(=O)N1CCN(Cc2ccccc2)CC1. The Bertz CT molecular complexity index is 1040. The third kappa shape index (κ3) is 4.74. The van der Waals surface area contributed by atoms with E-state index in [0.29, 0.717) is 5.92 Å². The number of rotatable bonds is 7. The molecule has 1 aromatic heterocycles. The molecule has 1 atom stereocenters. The molecular formula is C25H29N5OS. The number of carbonyl (C=O) groups is 1. The van der Waals surface area contributed by atoms with Gasteiger partial charge in [0.15, 0.2) is 5.16 Å². The van der Waals surface area contributed by atoms with Crippen molar-refractivity contribution in [1.82, 2.24) is 24.6 Å². The lowest BCUT2D eigenvalue weighted by Gasteiger charge is -2.35. The van der Waals surface area contributed by atoms with Gasteiger partial charge in [-0.25, -0.2) is 0 Å². The van der Waals surface area contributed by atoms with Gasteiger partial charge in [0.05, 0.1) is 5.25 Å². The number of thioether (sulfide) groups is 1. The first-order valence-electron chi connectivity index (χ1n) is 11.4. The van der Waals surface area contributed by atoms with Crippen LogP contribution in [0.1, 0.15) is 37.1 Å². The molecule has 3 aromatic rings. The lowest BCUT2D eigenvalue weighted by atomic mass is 10.2. The van der Waals surface area contributed by atoms with Gasteiger partial charge in [-0.2, -0.15) is 0 Å². The lowest BCUT2D eigenvalue weighted by Crippen LogP contribution is -2.50. The minimum Gasteiger partial charge on any atom is -0.339 e. The maximum absolute atomic E-state index is 13.2. The van der Waals surface area contributed by atoms with Crippen LogP contribution in [0.5, 0.6) is 0 Å². The topological polar surface area (TPSA) is 54.3 Å². The van der Waals surface area contributed by atoms with E-state index < -0.39 is 0 Å². The summed E-state index contributed by atoms with van der Waals surface area (Å²) in [5.41, 5.74) is 2.39. The zero-order chi connectivity index (χ0) is 21.9. The van der Waals surface area contributed by atoms with Crippen molar-refractivity contribution in [1.29, 1.82) is 0 Å². The van der Waals surface area contributed by atoms with Crippen molar-refractivity contribution in [2.24, 2.45) is 0 Å². The molecule has 0 spiro atoms. The van der Waals surface area contributed by atoms with Gasteiger partial charge in [0.25, 0.3) is 0 Å². The van der Waals surface area contributed by atoms with Crippen LogP contribution in [0.15, 0.2) is 65.8 Å². The van der Waals surface area contributed by atoms with Crippen LogP contribution in [0.4, 0.5) is 0 Å². The molecule has 2 aliphatic rings. The van der Waals surface area contributed by atoms with Crippen molar-refractivity contribution >= 4 is 17.7 Å². The second-order valence-corrected chi connectivity index (χ2v) is 9.94. The van der Waals surface area contributed by atoms with E-state index in [-0.39, 0.29) is 11.2 Å². The molecule has 0 bridgehead atoms. The smallest absolute Gasteiger partial charge is 0.235 e. The Morgan fingerprint density at radius 3 is 2.28 bits per heavy atom. The fourth-order valence-corrected chi connectivity index (χ4v) is 5.18. The van der Waals surface area contributed by atoms with Crippen molar-refractivity contribution in [2.75, 3.05) is 26.2 Å². The number of aromatic nitrogens is 3. The molecule has 2 heterocycles. The third-order valence-corrected chi connectivity index (χ3v) is 7.21. The molecular weight excluding hydrogens is 418 g/mol. The van der Waals surface area contributed by atoms with Crippen LogP contribution in [0.25, 0.3) is 5.69 Å². The van der Waals surface area contributed by atoms with E-state index in [9.17, 15) is 4.79 Å². The predicted octanol–water partition coefficient (Wildman–Crippen LogP) is 3.97. The van der Waals surface area contributed by atoms with Crippen LogP contribution < -0.4 is 0 Å². The molecule has 32 heavy (non-hydrogen) atoms. The summed E-state index contributed by atoms with van der Waals surface area (Å²) >= 11 is 1.52. The highest BCUT2D eigenvalue weighted by Crippen LogP contribution is 2.41. The van der Waals surface area contributed by atoms with E-state index in [0.717, 1.165) is 62.2 Å². The quantitative estimate of drug-likeness (QED) is 0.513. The molecule has 2 aromatic carbocycles. The summed E-state index contributed by atoms with van der Waals surface area (Å²) in [5, 5.41) is 9.57. The number of para-hydroxylation sites is 1. The fraction of sp³-hybridized carbons (Fsp3) is 0.400.